The second-order valence-corrected chi connectivity index (χ2v) is 8.46. The van der Waals surface area contributed by atoms with Gasteiger partial charge in [-0.25, -0.2) is 4.79 Å². The third kappa shape index (κ3) is 6.47. The third-order valence-electron chi connectivity index (χ3n) is 5.94. The first-order valence-corrected chi connectivity index (χ1v) is 11.8. The van der Waals surface area contributed by atoms with E-state index < -0.39 is 17.8 Å². The van der Waals surface area contributed by atoms with Gasteiger partial charge in [0.2, 0.25) is 0 Å². The van der Waals surface area contributed by atoms with Crippen LogP contribution in [0.2, 0.25) is 0 Å². The van der Waals surface area contributed by atoms with Gasteiger partial charge < -0.3 is 14.4 Å². The number of nitrogens with one attached hydrogen (secondary N) is 1. The van der Waals surface area contributed by atoms with Crippen LogP contribution in [-0.2, 0) is 30.5 Å². The highest BCUT2D eigenvalue weighted by Gasteiger charge is 2.32. The summed E-state index contributed by atoms with van der Waals surface area (Å²) in [6.45, 7) is 1.93. The molecule has 0 aliphatic rings. The molecule has 4 aromatic rings. The lowest BCUT2D eigenvalue weighted by Gasteiger charge is -2.23. The standard InChI is InChI=1S/C27H26F3N5O3/c1-3-35(26(36)38-17-18-7-5-4-6-8-18)16-20-15-21(27(28,29)30)10-11-22(20)23-13-19(9-12-24(23)37-2)14-25-31-33-34-32-25/h4-13,15H,3,14,16-17H2,1-2H3,(H,31,32,33,34). The van der Waals surface area contributed by atoms with E-state index in [1.54, 1.807) is 13.0 Å². The van der Waals surface area contributed by atoms with Crippen LogP contribution in [0, 0.1) is 0 Å². The van der Waals surface area contributed by atoms with Crippen LogP contribution < -0.4 is 4.74 Å². The molecule has 1 amide bonds. The zero-order chi connectivity index (χ0) is 27.1. The van der Waals surface area contributed by atoms with Crippen molar-refractivity contribution >= 4 is 6.09 Å². The first-order chi connectivity index (χ1) is 18.3. The van der Waals surface area contributed by atoms with Gasteiger partial charge in [-0.3, -0.25) is 0 Å². The summed E-state index contributed by atoms with van der Waals surface area (Å²) in [6.07, 6.45) is -4.82. The summed E-state index contributed by atoms with van der Waals surface area (Å²) in [6, 6.07) is 18.0. The summed E-state index contributed by atoms with van der Waals surface area (Å²) in [4.78, 5) is 14.2. The predicted octanol–water partition coefficient (Wildman–Crippen LogP) is 5.64. The normalized spacial score (nSPS) is 11.3. The molecule has 11 heteroatoms. The van der Waals surface area contributed by atoms with E-state index in [0.717, 1.165) is 23.3 Å². The molecule has 0 aliphatic heterocycles. The van der Waals surface area contributed by atoms with Crippen LogP contribution in [0.3, 0.4) is 0 Å². The smallest absolute Gasteiger partial charge is 0.416 e. The lowest BCUT2D eigenvalue weighted by Crippen LogP contribution is -2.31. The van der Waals surface area contributed by atoms with E-state index in [2.05, 4.69) is 20.6 Å². The molecule has 8 nitrogen and oxygen atoms in total. The molecule has 0 aliphatic carbocycles. The van der Waals surface area contributed by atoms with E-state index >= 15 is 0 Å². The van der Waals surface area contributed by atoms with Crippen LogP contribution in [0.15, 0.2) is 66.7 Å². The molecular formula is C27H26F3N5O3. The summed E-state index contributed by atoms with van der Waals surface area (Å²) in [5.41, 5.74) is 2.17. The van der Waals surface area contributed by atoms with Gasteiger partial charge in [-0.1, -0.05) is 47.7 Å². The van der Waals surface area contributed by atoms with Gasteiger partial charge >= 0.3 is 12.3 Å². The van der Waals surface area contributed by atoms with Crippen molar-refractivity contribution in [2.45, 2.75) is 32.7 Å². The molecule has 38 heavy (non-hydrogen) atoms. The van der Waals surface area contributed by atoms with Crippen molar-refractivity contribution in [2.24, 2.45) is 0 Å². The van der Waals surface area contributed by atoms with Gasteiger partial charge in [-0.2, -0.15) is 18.4 Å². The highest BCUT2D eigenvalue weighted by molar-refractivity contribution is 5.75. The number of hydrogen-bond donors (Lipinski definition) is 1. The molecular weight excluding hydrogens is 499 g/mol. The van der Waals surface area contributed by atoms with E-state index in [9.17, 15) is 18.0 Å². The highest BCUT2D eigenvalue weighted by Crippen LogP contribution is 2.38. The molecule has 0 saturated heterocycles. The molecule has 198 valence electrons. The van der Waals surface area contributed by atoms with E-state index in [4.69, 9.17) is 9.47 Å². The van der Waals surface area contributed by atoms with Crippen molar-refractivity contribution in [2.75, 3.05) is 13.7 Å². The van der Waals surface area contributed by atoms with Crippen LogP contribution in [0.4, 0.5) is 18.0 Å². The molecule has 1 heterocycles. The Hall–Kier alpha value is -4.41. The Morgan fingerprint density at radius 2 is 1.79 bits per heavy atom. The maximum atomic E-state index is 13.7. The number of hydrogen-bond acceptors (Lipinski definition) is 6. The Bertz CT molecular complexity index is 1360. The lowest BCUT2D eigenvalue weighted by atomic mass is 9.94. The number of halogens is 3. The van der Waals surface area contributed by atoms with Crippen molar-refractivity contribution in [3.63, 3.8) is 0 Å². The number of benzene rings is 3. The van der Waals surface area contributed by atoms with Gasteiger partial charge in [0.15, 0.2) is 5.82 Å². The summed E-state index contributed by atoms with van der Waals surface area (Å²) in [5, 5.41) is 13.9. The second-order valence-electron chi connectivity index (χ2n) is 8.46. The number of alkyl halides is 3. The second kappa shape index (κ2) is 11.8. The maximum Gasteiger partial charge on any atom is 0.416 e. The summed E-state index contributed by atoms with van der Waals surface area (Å²) in [5.74, 6) is 0.935. The fraction of sp³-hybridized carbons (Fsp3) is 0.259. The van der Waals surface area contributed by atoms with Gasteiger partial charge in [0.25, 0.3) is 0 Å². The molecule has 0 saturated carbocycles. The van der Waals surface area contributed by atoms with Crippen molar-refractivity contribution < 1.29 is 27.4 Å². The SMILES string of the molecule is CCN(Cc1cc(C(F)(F)F)ccc1-c1cc(Cc2nn[nH]n2)ccc1OC)C(=O)OCc1ccccc1. The molecule has 1 aromatic heterocycles. The number of methoxy groups -OCH3 is 1. The van der Waals surface area contributed by atoms with Crippen molar-refractivity contribution in [1.29, 1.82) is 0 Å². The van der Waals surface area contributed by atoms with E-state index in [1.807, 2.05) is 42.5 Å². The van der Waals surface area contributed by atoms with Gasteiger partial charge in [0, 0.05) is 25.1 Å². The number of carbonyl (C=O) groups is 1. The van der Waals surface area contributed by atoms with Crippen LogP contribution in [0.5, 0.6) is 5.75 Å². The Morgan fingerprint density at radius 1 is 1.00 bits per heavy atom. The molecule has 4 rings (SSSR count). The van der Waals surface area contributed by atoms with Crippen LogP contribution >= 0.6 is 0 Å². The van der Waals surface area contributed by atoms with Crippen LogP contribution in [-0.4, -0.2) is 45.3 Å². The highest BCUT2D eigenvalue weighted by atomic mass is 19.4. The molecule has 0 bridgehead atoms. The van der Waals surface area contributed by atoms with Crippen molar-refractivity contribution in [3.8, 4) is 16.9 Å². The van der Waals surface area contributed by atoms with E-state index in [1.165, 1.54) is 18.1 Å². The number of nitrogens with zero attached hydrogens (tertiary/aromatic N) is 4. The number of H-pyrrole nitrogens is 1. The Balaban J connectivity index is 1.68. The topological polar surface area (TPSA) is 93.2 Å². The molecule has 0 radical (unpaired) electrons. The fourth-order valence-corrected chi connectivity index (χ4v) is 4.00. The minimum Gasteiger partial charge on any atom is -0.496 e. The van der Waals surface area contributed by atoms with Crippen LogP contribution in [0.1, 0.15) is 35.0 Å². The average molecular weight is 526 g/mol. The average Bonchev–Trinajstić information content (AvgIpc) is 3.43. The van der Waals surface area contributed by atoms with Gasteiger partial charge in [0.1, 0.15) is 12.4 Å². The minimum atomic E-state index is -4.55. The maximum absolute atomic E-state index is 13.7. The van der Waals surface area contributed by atoms with Crippen LogP contribution in [0.25, 0.3) is 11.1 Å². The molecule has 0 spiro atoms. The number of aromatic nitrogens is 4. The zero-order valence-electron chi connectivity index (χ0n) is 20.8. The van der Waals surface area contributed by atoms with E-state index in [-0.39, 0.29) is 19.7 Å². The van der Waals surface area contributed by atoms with Crippen molar-refractivity contribution in [1.82, 2.24) is 25.5 Å². The Morgan fingerprint density at radius 3 is 2.45 bits per heavy atom. The largest absolute Gasteiger partial charge is 0.496 e. The fourth-order valence-electron chi connectivity index (χ4n) is 4.00. The number of amides is 1. The Kier molecular flexibility index (Phi) is 8.25. The molecule has 0 fully saturated rings. The first kappa shape index (κ1) is 26.6. The van der Waals surface area contributed by atoms with Crippen molar-refractivity contribution in [3.05, 3.63) is 94.8 Å². The third-order valence-corrected chi connectivity index (χ3v) is 5.94. The summed E-state index contributed by atoms with van der Waals surface area (Å²) in [7, 11) is 1.49. The molecule has 1 N–H and O–H groups in total. The molecule has 0 atom stereocenters. The summed E-state index contributed by atoms with van der Waals surface area (Å²) >= 11 is 0. The summed E-state index contributed by atoms with van der Waals surface area (Å²) < 4.78 is 51.9. The zero-order valence-corrected chi connectivity index (χ0v) is 20.8. The number of aromatic amines is 1. The number of rotatable bonds is 9. The minimum absolute atomic E-state index is 0.0531. The number of ether oxygens (including phenoxy) is 2. The predicted molar refractivity (Wildman–Crippen MR) is 133 cm³/mol. The monoisotopic (exact) mass is 525 g/mol. The number of tetrazole rings is 1. The van der Waals surface area contributed by atoms with E-state index in [0.29, 0.717) is 34.7 Å². The van der Waals surface area contributed by atoms with Gasteiger partial charge in [-0.15, -0.1) is 10.2 Å². The Labute approximate surface area is 217 Å². The quantitative estimate of drug-likeness (QED) is 0.304. The molecule has 3 aromatic carbocycles. The lowest BCUT2D eigenvalue weighted by molar-refractivity contribution is -0.137. The van der Waals surface area contributed by atoms with Gasteiger partial charge in [-0.05, 0) is 53.4 Å². The van der Waals surface area contributed by atoms with Gasteiger partial charge in [0.05, 0.1) is 12.7 Å². The number of carbonyl (C=O) groups excluding carboxylic acids is 1. The molecule has 0 unspecified atom stereocenters. The first-order valence-electron chi connectivity index (χ1n) is 11.8.